The van der Waals surface area contributed by atoms with Crippen LogP contribution >= 0.6 is 15.9 Å². The van der Waals surface area contributed by atoms with Crippen LogP contribution in [0, 0.1) is 15.9 Å². The number of hydrogen-bond acceptors (Lipinski definition) is 4. The van der Waals surface area contributed by atoms with Crippen molar-refractivity contribution in [2.75, 3.05) is 0 Å². The van der Waals surface area contributed by atoms with E-state index in [0.717, 1.165) is 6.07 Å². The maximum atomic E-state index is 13.0. The third-order valence-corrected chi connectivity index (χ3v) is 2.23. The standard InChI is InChI=1S/C6H4BBrFNO4/c8-4-2-6(10(13)14)5(9)1-3(4)7(11)12/h1-2,11-12H. The molecule has 0 unspecified atom stereocenters. The molecule has 0 heterocycles. The molecule has 8 heteroatoms. The van der Waals surface area contributed by atoms with Crippen molar-refractivity contribution in [2.24, 2.45) is 0 Å². The molecule has 0 spiro atoms. The lowest BCUT2D eigenvalue weighted by molar-refractivity contribution is -0.387. The van der Waals surface area contributed by atoms with Gasteiger partial charge >= 0.3 is 12.8 Å². The first-order chi connectivity index (χ1) is 6.43. The van der Waals surface area contributed by atoms with Crippen molar-refractivity contribution in [2.45, 2.75) is 0 Å². The van der Waals surface area contributed by atoms with Gasteiger partial charge in [0.1, 0.15) is 0 Å². The summed E-state index contributed by atoms with van der Waals surface area (Å²) in [6, 6.07) is 1.58. The molecule has 0 aliphatic rings. The number of halogens is 2. The summed E-state index contributed by atoms with van der Waals surface area (Å²) in [6.07, 6.45) is 0. The molecule has 0 saturated heterocycles. The van der Waals surface area contributed by atoms with Crippen LogP contribution in [0.4, 0.5) is 10.1 Å². The summed E-state index contributed by atoms with van der Waals surface area (Å²) in [6.45, 7) is 0. The molecule has 0 amide bonds. The molecule has 0 saturated carbocycles. The Balaban J connectivity index is 3.31. The van der Waals surface area contributed by atoms with E-state index in [1.165, 1.54) is 0 Å². The van der Waals surface area contributed by atoms with Crippen LogP contribution in [-0.4, -0.2) is 22.1 Å². The summed E-state index contributed by atoms with van der Waals surface area (Å²) in [5, 5.41) is 27.8. The highest BCUT2D eigenvalue weighted by atomic mass is 79.9. The Morgan fingerprint density at radius 1 is 1.50 bits per heavy atom. The predicted molar refractivity (Wildman–Crippen MR) is 50.6 cm³/mol. The summed E-state index contributed by atoms with van der Waals surface area (Å²) in [5.74, 6) is -1.11. The zero-order chi connectivity index (χ0) is 10.9. The van der Waals surface area contributed by atoms with Crippen molar-refractivity contribution < 1.29 is 19.4 Å². The van der Waals surface area contributed by atoms with Gasteiger partial charge in [-0.2, -0.15) is 4.39 Å². The van der Waals surface area contributed by atoms with Crippen molar-refractivity contribution in [1.82, 2.24) is 0 Å². The van der Waals surface area contributed by atoms with Gasteiger partial charge in [-0.15, -0.1) is 0 Å². The van der Waals surface area contributed by atoms with Gasteiger partial charge in [0.15, 0.2) is 5.82 Å². The highest BCUT2D eigenvalue weighted by molar-refractivity contribution is 9.10. The number of rotatable bonds is 2. The van der Waals surface area contributed by atoms with E-state index >= 15 is 0 Å². The van der Waals surface area contributed by atoms with E-state index in [4.69, 9.17) is 10.0 Å². The summed E-state index contributed by atoms with van der Waals surface area (Å²) in [5.41, 5.74) is -0.880. The summed E-state index contributed by atoms with van der Waals surface area (Å²) >= 11 is 2.86. The fourth-order valence-corrected chi connectivity index (χ4v) is 1.43. The molecule has 0 fully saturated rings. The van der Waals surface area contributed by atoms with Crippen LogP contribution in [0.5, 0.6) is 0 Å². The molecule has 0 bridgehead atoms. The molecule has 2 N–H and O–H groups in total. The maximum Gasteiger partial charge on any atom is 0.489 e. The van der Waals surface area contributed by atoms with E-state index in [1.807, 2.05) is 0 Å². The quantitative estimate of drug-likeness (QED) is 0.453. The highest BCUT2D eigenvalue weighted by Gasteiger charge is 2.22. The number of nitrogens with zero attached hydrogens (tertiary/aromatic N) is 1. The van der Waals surface area contributed by atoms with Crippen molar-refractivity contribution in [3.05, 3.63) is 32.5 Å². The van der Waals surface area contributed by atoms with Gasteiger partial charge in [0.05, 0.1) is 4.92 Å². The van der Waals surface area contributed by atoms with Gasteiger partial charge in [-0.3, -0.25) is 10.1 Å². The summed E-state index contributed by atoms with van der Waals surface area (Å²) in [7, 11) is -1.88. The minimum atomic E-state index is -1.88. The highest BCUT2D eigenvalue weighted by Crippen LogP contribution is 2.20. The molecule has 0 aliphatic heterocycles. The third kappa shape index (κ3) is 2.09. The van der Waals surface area contributed by atoms with Crippen molar-refractivity contribution in [3.63, 3.8) is 0 Å². The predicted octanol–water partition coefficient (Wildman–Crippen LogP) is 0.176. The first-order valence-corrected chi connectivity index (χ1v) is 4.22. The maximum absolute atomic E-state index is 13.0. The first kappa shape index (κ1) is 11.1. The number of nitro groups is 1. The van der Waals surface area contributed by atoms with Crippen molar-refractivity contribution in [1.29, 1.82) is 0 Å². The second-order valence-electron chi connectivity index (χ2n) is 2.46. The largest absolute Gasteiger partial charge is 0.489 e. The molecule has 74 valence electrons. The molecular weight excluding hydrogens is 260 g/mol. The lowest BCUT2D eigenvalue weighted by atomic mass is 9.80. The summed E-state index contributed by atoms with van der Waals surface area (Å²) in [4.78, 5) is 9.38. The molecule has 5 nitrogen and oxygen atoms in total. The molecule has 1 rings (SSSR count). The second-order valence-corrected chi connectivity index (χ2v) is 3.31. The van der Waals surface area contributed by atoms with Crippen LogP contribution in [-0.2, 0) is 0 Å². The fourth-order valence-electron chi connectivity index (χ4n) is 0.890. The third-order valence-electron chi connectivity index (χ3n) is 1.54. The normalized spacial score (nSPS) is 10.0. The fraction of sp³-hybridized carbons (Fsp3) is 0. The van der Waals surface area contributed by atoms with Gasteiger partial charge in [-0.05, 0) is 11.5 Å². The molecule has 1 aromatic carbocycles. The van der Waals surface area contributed by atoms with E-state index in [2.05, 4.69) is 15.9 Å². The molecule has 1 aromatic rings. The van der Waals surface area contributed by atoms with E-state index in [0.29, 0.717) is 6.07 Å². The average molecular weight is 264 g/mol. The van der Waals surface area contributed by atoms with Crippen LogP contribution < -0.4 is 5.46 Å². The Hall–Kier alpha value is -0.985. The Morgan fingerprint density at radius 2 is 2.07 bits per heavy atom. The minimum absolute atomic E-state index is 0.0700. The van der Waals surface area contributed by atoms with Crippen LogP contribution in [0.15, 0.2) is 16.6 Å². The van der Waals surface area contributed by atoms with Gasteiger partial charge in [0.25, 0.3) is 0 Å². The topological polar surface area (TPSA) is 83.6 Å². The van der Waals surface area contributed by atoms with Crippen LogP contribution in [0.2, 0.25) is 0 Å². The van der Waals surface area contributed by atoms with E-state index in [-0.39, 0.29) is 9.94 Å². The molecule has 0 aromatic heterocycles. The van der Waals surface area contributed by atoms with Crippen LogP contribution in [0.1, 0.15) is 0 Å². The van der Waals surface area contributed by atoms with E-state index in [9.17, 15) is 14.5 Å². The Bertz CT molecular complexity index is 386. The average Bonchev–Trinajstić information content (AvgIpc) is 2.07. The van der Waals surface area contributed by atoms with E-state index < -0.39 is 23.5 Å². The number of nitro benzene ring substituents is 1. The van der Waals surface area contributed by atoms with Crippen molar-refractivity contribution >= 4 is 34.2 Å². The first-order valence-electron chi connectivity index (χ1n) is 3.43. The van der Waals surface area contributed by atoms with Crippen LogP contribution in [0.3, 0.4) is 0 Å². The lowest BCUT2D eigenvalue weighted by Gasteiger charge is -2.03. The molecule has 0 radical (unpaired) electrons. The Kier molecular flexibility index (Phi) is 3.19. The molecule has 0 atom stereocenters. The number of hydrogen-bond donors (Lipinski definition) is 2. The smallest absolute Gasteiger partial charge is 0.423 e. The van der Waals surface area contributed by atoms with Gasteiger partial charge in [0, 0.05) is 10.5 Å². The minimum Gasteiger partial charge on any atom is -0.423 e. The Labute approximate surface area is 86.6 Å². The second kappa shape index (κ2) is 4.03. The van der Waals surface area contributed by atoms with Crippen molar-refractivity contribution in [3.8, 4) is 0 Å². The SMILES string of the molecule is O=[N+]([O-])c1cc(Br)c(B(O)O)cc1F. The Morgan fingerprint density at radius 3 is 2.50 bits per heavy atom. The van der Waals surface area contributed by atoms with Gasteiger partial charge in [-0.1, -0.05) is 15.9 Å². The van der Waals surface area contributed by atoms with Gasteiger partial charge in [0.2, 0.25) is 0 Å². The van der Waals surface area contributed by atoms with Gasteiger partial charge < -0.3 is 10.0 Å². The molecule has 14 heavy (non-hydrogen) atoms. The molecular formula is C6H4BBrFNO4. The zero-order valence-corrected chi connectivity index (χ0v) is 8.23. The van der Waals surface area contributed by atoms with Gasteiger partial charge in [-0.25, -0.2) is 0 Å². The lowest BCUT2D eigenvalue weighted by Crippen LogP contribution is -2.31. The zero-order valence-electron chi connectivity index (χ0n) is 6.65. The molecule has 0 aliphatic carbocycles. The van der Waals surface area contributed by atoms with Crippen LogP contribution in [0.25, 0.3) is 0 Å². The monoisotopic (exact) mass is 263 g/mol. The van der Waals surface area contributed by atoms with E-state index in [1.54, 1.807) is 0 Å². The summed E-state index contributed by atoms with van der Waals surface area (Å²) < 4.78 is 13.0. The number of benzene rings is 1.